The average molecular weight is 466 g/mol. The van der Waals surface area contributed by atoms with Gasteiger partial charge in [0.05, 0.1) is 19.2 Å². The normalized spacial score (nSPS) is 18.7. The summed E-state index contributed by atoms with van der Waals surface area (Å²) in [6, 6.07) is 12.7. The molecule has 6 heteroatoms. The summed E-state index contributed by atoms with van der Waals surface area (Å²) >= 11 is 0. The van der Waals surface area contributed by atoms with Crippen molar-refractivity contribution in [2.24, 2.45) is 5.92 Å². The molecule has 6 nitrogen and oxygen atoms in total. The Balaban J connectivity index is 1.59. The van der Waals surface area contributed by atoms with Gasteiger partial charge in [-0.2, -0.15) is 0 Å². The van der Waals surface area contributed by atoms with Gasteiger partial charge in [0.15, 0.2) is 0 Å². The van der Waals surface area contributed by atoms with Crippen LogP contribution in [0, 0.1) is 5.92 Å². The van der Waals surface area contributed by atoms with E-state index in [1.54, 1.807) is 12.0 Å². The Morgan fingerprint density at radius 2 is 1.76 bits per heavy atom. The van der Waals surface area contributed by atoms with E-state index in [1.807, 2.05) is 11.0 Å². The zero-order valence-corrected chi connectivity index (χ0v) is 21.1. The van der Waals surface area contributed by atoms with Crippen molar-refractivity contribution in [2.45, 2.75) is 64.5 Å². The highest BCUT2D eigenvalue weighted by Crippen LogP contribution is 2.34. The first-order chi connectivity index (χ1) is 16.3. The van der Waals surface area contributed by atoms with Crippen LogP contribution in [-0.2, 0) is 26.3 Å². The van der Waals surface area contributed by atoms with E-state index in [1.165, 1.54) is 5.56 Å². The smallest absolute Gasteiger partial charge is 0.243 e. The van der Waals surface area contributed by atoms with Crippen LogP contribution in [0.2, 0.25) is 0 Å². The third-order valence-electron chi connectivity index (χ3n) is 7.36. The number of carbonyl (C=O) groups is 2. The summed E-state index contributed by atoms with van der Waals surface area (Å²) in [4.78, 5) is 30.6. The topological polar surface area (TPSA) is 54.8 Å². The molecule has 2 aromatic rings. The number of amides is 2. The Kier molecular flexibility index (Phi) is 7.46. The van der Waals surface area contributed by atoms with Crippen molar-refractivity contribution in [2.75, 3.05) is 33.4 Å². The monoisotopic (exact) mass is 465 g/mol. The number of methoxy groups -OCH3 is 1. The molecule has 0 spiro atoms. The quantitative estimate of drug-likeness (QED) is 0.610. The molecule has 184 valence electrons. The predicted molar refractivity (Wildman–Crippen MR) is 134 cm³/mol. The molecule has 0 bridgehead atoms. The van der Waals surface area contributed by atoms with E-state index >= 15 is 0 Å². The number of ether oxygens (including phenoxy) is 1. The molecule has 1 fully saturated rings. The molecule has 1 aliphatic carbocycles. The fourth-order valence-electron chi connectivity index (χ4n) is 5.32. The first-order valence-electron chi connectivity index (χ1n) is 12.6. The van der Waals surface area contributed by atoms with E-state index in [0.717, 1.165) is 43.5 Å². The molecule has 2 heterocycles. The number of nitrogens with zero attached hydrogens (tertiary/aromatic N) is 3. The standard InChI is InChI=1S/C28H39N3O3/c1-28(2,3)23-13-11-21(12-14-23)26-24-10-7-15-29(24)16-17-31(26)25(32)20-30(18-19-34-4)27(33)22-8-5-6-9-22/h7,10-15,22,26H,5-6,8-9,16-20H2,1-4H3. The molecular formula is C28H39N3O3. The van der Waals surface area contributed by atoms with Crippen LogP contribution in [0.5, 0.6) is 0 Å². The first kappa shape index (κ1) is 24.5. The number of hydrogen-bond acceptors (Lipinski definition) is 3. The van der Waals surface area contributed by atoms with Crippen LogP contribution in [0.3, 0.4) is 0 Å². The number of rotatable bonds is 7. The summed E-state index contributed by atoms with van der Waals surface area (Å²) in [5.41, 5.74) is 3.57. The van der Waals surface area contributed by atoms with Gasteiger partial charge in [0.2, 0.25) is 11.8 Å². The lowest BCUT2D eigenvalue weighted by Gasteiger charge is -2.39. The largest absolute Gasteiger partial charge is 0.383 e. The lowest BCUT2D eigenvalue weighted by atomic mass is 9.86. The van der Waals surface area contributed by atoms with E-state index in [0.29, 0.717) is 19.7 Å². The zero-order chi connectivity index (χ0) is 24.3. The molecule has 1 saturated carbocycles. The SMILES string of the molecule is COCCN(CC(=O)N1CCn2cccc2C1c1ccc(C(C)(C)C)cc1)C(=O)C1CCCC1. The minimum atomic E-state index is -0.156. The maximum absolute atomic E-state index is 13.7. The Labute approximate surface area is 203 Å². The van der Waals surface area contributed by atoms with Crippen LogP contribution in [0.1, 0.15) is 69.3 Å². The molecule has 1 unspecified atom stereocenters. The van der Waals surface area contributed by atoms with E-state index in [4.69, 9.17) is 4.74 Å². The summed E-state index contributed by atoms with van der Waals surface area (Å²) in [5, 5.41) is 0. The molecule has 1 aromatic heterocycles. The fraction of sp³-hybridized carbons (Fsp3) is 0.571. The summed E-state index contributed by atoms with van der Waals surface area (Å²) in [5.74, 6) is 0.151. The number of aromatic nitrogens is 1. The van der Waals surface area contributed by atoms with Gasteiger partial charge in [0, 0.05) is 44.6 Å². The molecule has 1 aliphatic heterocycles. The summed E-state index contributed by atoms with van der Waals surface area (Å²) in [7, 11) is 1.64. The highest BCUT2D eigenvalue weighted by molar-refractivity contribution is 5.86. The molecule has 2 aliphatic rings. The Morgan fingerprint density at radius 3 is 2.41 bits per heavy atom. The summed E-state index contributed by atoms with van der Waals surface area (Å²) in [6.45, 7) is 9.01. The Bertz CT molecular complexity index is 983. The van der Waals surface area contributed by atoms with Gasteiger partial charge in [-0.15, -0.1) is 0 Å². The molecule has 1 aromatic carbocycles. The second-order valence-electron chi connectivity index (χ2n) is 10.7. The van der Waals surface area contributed by atoms with Gasteiger partial charge in [0.25, 0.3) is 0 Å². The summed E-state index contributed by atoms with van der Waals surface area (Å²) < 4.78 is 7.49. The maximum atomic E-state index is 13.7. The van der Waals surface area contributed by atoms with E-state index in [9.17, 15) is 9.59 Å². The molecule has 0 radical (unpaired) electrons. The van der Waals surface area contributed by atoms with Gasteiger partial charge in [-0.3, -0.25) is 9.59 Å². The van der Waals surface area contributed by atoms with Crippen molar-refractivity contribution in [1.29, 1.82) is 0 Å². The van der Waals surface area contributed by atoms with Crippen LogP contribution < -0.4 is 0 Å². The van der Waals surface area contributed by atoms with Crippen LogP contribution in [-0.4, -0.2) is 59.5 Å². The lowest BCUT2D eigenvalue weighted by molar-refractivity contribution is -0.144. The van der Waals surface area contributed by atoms with Crippen LogP contribution in [0.25, 0.3) is 0 Å². The minimum Gasteiger partial charge on any atom is -0.383 e. The van der Waals surface area contributed by atoms with E-state index < -0.39 is 0 Å². The van der Waals surface area contributed by atoms with Crippen molar-refractivity contribution in [1.82, 2.24) is 14.4 Å². The predicted octanol–water partition coefficient (Wildman–Crippen LogP) is 4.38. The van der Waals surface area contributed by atoms with Gasteiger partial charge < -0.3 is 19.1 Å². The van der Waals surface area contributed by atoms with Crippen molar-refractivity contribution >= 4 is 11.8 Å². The van der Waals surface area contributed by atoms with Crippen molar-refractivity contribution in [3.8, 4) is 0 Å². The fourth-order valence-corrected chi connectivity index (χ4v) is 5.32. The first-order valence-corrected chi connectivity index (χ1v) is 12.6. The van der Waals surface area contributed by atoms with Crippen molar-refractivity contribution in [3.05, 3.63) is 59.4 Å². The van der Waals surface area contributed by atoms with Gasteiger partial charge in [-0.1, -0.05) is 57.9 Å². The third-order valence-corrected chi connectivity index (χ3v) is 7.36. The Hall–Kier alpha value is -2.60. The molecular weight excluding hydrogens is 426 g/mol. The molecule has 34 heavy (non-hydrogen) atoms. The van der Waals surface area contributed by atoms with Gasteiger partial charge in [-0.05, 0) is 41.5 Å². The van der Waals surface area contributed by atoms with Crippen LogP contribution in [0.4, 0.5) is 0 Å². The van der Waals surface area contributed by atoms with Crippen LogP contribution in [0.15, 0.2) is 42.6 Å². The third kappa shape index (κ3) is 5.22. The number of hydrogen-bond donors (Lipinski definition) is 0. The minimum absolute atomic E-state index is 0.000187. The van der Waals surface area contributed by atoms with E-state index in [-0.39, 0.29) is 35.7 Å². The number of benzene rings is 1. The molecule has 0 N–H and O–H groups in total. The molecule has 1 atom stereocenters. The van der Waals surface area contributed by atoms with E-state index in [2.05, 4.69) is 61.9 Å². The average Bonchev–Trinajstić information content (AvgIpc) is 3.52. The van der Waals surface area contributed by atoms with Gasteiger partial charge in [0.1, 0.15) is 0 Å². The zero-order valence-electron chi connectivity index (χ0n) is 21.1. The lowest BCUT2D eigenvalue weighted by Crippen LogP contribution is -2.49. The number of fused-ring (bicyclic) bond motifs is 1. The van der Waals surface area contributed by atoms with Gasteiger partial charge in [-0.25, -0.2) is 0 Å². The maximum Gasteiger partial charge on any atom is 0.243 e. The van der Waals surface area contributed by atoms with Crippen molar-refractivity contribution in [3.63, 3.8) is 0 Å². The highest BCUT2D eigenvalue weighted by Gasteiger charge is 2.35. The van der Waals surface area contributed by atoms with Crippen LogP contribution >= 0.6 is 0 Å². The summed E-state index contributed by atoms with van der Waals surface area (Å²) in [6.07, 6.45) is 6.13. The second kappa shape index (κ2) is 10.3. The second-order valence-corrected chi connectivity index (χ2v) is 10.7. The highest BCUT2D eigenvalue weighted by atomic mass is 16.5. The molecule has 2 amide bonds. The Morgan fingerprint density at radius 1 is 1.06 bits per heavy atom. The molecule has 0 saturated heterocycles. The van der Waals surface area contributed by atoms with Crippen molar-refractivity contribution < 1.29 is 14.3 Å². The molecule has 4 rings (SSSR count). The van der Waals surface area contributed by atoms with Gasteiger partial charge >= 0.3 is 0 Å². The number of carbonyl (C=O) groups excluding carboxylic acids is 2.